The van der Waals surface area contributed by atoms with Gasteiger partial charge in [-0.05, 0) is 209 Å². The highest BCUT2D eigenvalue weighted by Gasteiger charge is 2.64. The molecule has 6 N–H and O–H groups in total. The van der Waals surface area contributed by atoms with Crippen molar-refractivity contribution in [2.45, 2.75) is 173 Å². The quantitative estimate of drug-likeness (QED) is 0.0338. The van der Waals surface area contributed by atoms with Gasteiger partial charge in [0.1, 0.15) is 0 Å². The highest BCUT2D eigenvalue weighted by Crippen LogP contribution is 2.43. The van der Waals surface area contributed by atoms with Gasteiger partial charge in [0, 0.05) is 147 Å². The largest absolute Gasteiger partial charge is 0.490 e. The van der Waals surface area contributed by atoms with Crippen molar-refractivity contribution in [3.05, 3.63) is 222 Å². The molecule has 0 saturated carbocycles. The molecule has 0 radical (unpaired) electrons. The van der Waals surface area contributed by atoms with E-state index < -0.39 is 59.2 Å². The molecule has 3 aromatic carbocycles. The van der Waals surface area contributed by atoms with Crippen LogP contribution in [0.15, 0.2) is 166 Å². The zero-order valence-corrected chi connectivity index (χ0v) is 74.2. The molecular weight excluding hydrogens is 1800 g/mol. The monoisotopic (exact) mass is 1890 g/mol. The lowest BCUT2D eigenvalue weighted by Gasteiger charge is -2.32. The Bertz CT molecular complexity index is 5650. The van der Waals surface area contributed by atoms with Crippen molar-refractivity contribution in [3.63, 3.8) is 0 Å². The molecule has 5 aliphatic rings. The number of rotatable bonds is 9. The first-order valence-corrected chi connectivity index (χ1v) is 44.9. The molecule has 0 amide bonds. The summed E-state index contributed by atoms with van der Waals surface area (Å²) in [5, 5.41) is 64.0. The minimum atomic E-state index is -1.77. The number of aryl methyl sites for hydroxylation is 3. The summed E-state index contributed by atoms with van der Waals surface area (Å²) in [5.74, 6) is 0. The topological polar surface area (TPSA) is 385 Å². The Labute approximate surface area is 716 Å². The van der Waals surface area contributed by atoms with Crippen LogP contribution in [0.1, 0.15) is 132 Å². The van der Waals surface area contributed by atoms with Crippen molar-refractivity contribution in [2.24, 2.45) is 0 Å². The number of benzene rings is 3. The molecule has 5 aliphatic heterocycles. The van der Waals surface area contributed by atoms with Crippen LogP contribution in [0.2, 0.25) is 0 Å². The van der Waals surface area contributed by atoms with E-state index in [1.807, 2.05) is 131 Å². The summed E-state index contributed by atoms with van der Waals surface area (Å²) < 4.78 is 54.5. The summed E-state index contributed by atoms with van der Waals surface area (Å²) in [6, 6.07) is 24.6. The normalized spacial score (nSPS) is 20.3. The molecule has 6 atom stereocenters. The van der Waals surface area contributed by atoms with E-state index in [1.54, 1.807) is 55.2 Å². The summed E-state index contributed by atoms with van der Waals surface area (Å²) in [6.45, 7) is 24.4. The molecule has 622 valence electrons. The number of halogens is 4. The van der Waals surface area contributed by atoms with Gasteiger partial charge in [0.05, 0.1) is 148 Å². The fourth-order valence-electron chi connectivity index (χ4n) is 14.0. The predicted molar refractivity (Wildman–Crippen MR) is 469 cm³/mol. The summed E-state index contributed by atoms with van der Waals surface area (Å²) in [4.78, 5) is 77.9. The zero-order chi connectivity index (χ0) is 85.1. The van der Waals surface area contributed by atoms with E-state index in [1.165, 1.54) is 50.5 Å². The van der Waals surface area contributed by atoms with Gasteiger partial charge in [0.15, 0.2) is 7.67 Å². The second kappa shape index (κ2) is 40.0. The maximum Gasteiger partial charge on any atom is 0.490 e. The zero-order valence-electron chi connectivity index (χ0n) is 67.0. The van der Waals surface area contributed by atoms with Crippen LogP contribution in [0.4, 0.5) is 0 Å². The molecular formula is C81H93B3Br4N12O17S. The summed E-state index contributed by atoms with van der Waals surface area (Å²) in [5.41, 5.74) is 8.16. The molecule has 37 heteroatoms. The van der Waals surface area contributed by atoms with Gasteiger partial charge >= 0.3 is 21.1 Å². The van der Waals surface area contributed by atoms with Gasteiger partial charge in [-0.25, -0.2) is 19.2 Å². The van der Waals surface area contributed by atoms with Crippen LogP contribution in [-0.2, 0) is 58.9 Å². The standard InChI is InChI=1S/C23H22N4O3.C16H16BN3O5.C16H14BrN3O3.C12H24B2O4.C7H8BrN.C7H9NO.Br2OS/c1-14-9-15(4-7-24-14)10-16-11-18-22(17-3-2-6-25-21(16)17)26-13-27(23(18)29)19-12-30-8-5-20(19)28;21-13-3-5-25-7-12(13)20-8-19-14-9-2-1-4-18-15(9)11(17(23)24)6-10(14)16(20)22;17-12-5-10-15(9-1-3-18-6-11(9)12)19-8-20(16(10)22)13-2-4-23-7-14(13)21;1-9(2)10(3,4)16-13(15-9)14-17-11(5,6)12(7,8)18-14;1-6-4-7(5-8)2-3-9-6;1-6-4-7(5-9)2-3-8-6;1-4(2)3/h2-4,6-7,9,11,13,19-20,28H,5,8,10,12H2,1H3;1-2,4,6,8,12-13,21,23-24H,3,5,7H2;1,3,5-6,8,13-14,21H,2,4,7H2;1-8H3;2-4H,5H2,1H3;2-4,9H,5H2,1H3;/t19-,20-;12-,13-;13-,14-;;;;/m000..../s1. The van der Waals surface area contributed by atoms with Crippen molar-refractivity contribution < 1.29 is 67.5 Å². The van der Waals surface area contributed by atoms with Gasteiger partial charge in [-0.3, -0.25) is 58.0 Å². The van der Waals surface area contributed by atoms with Crippen molar-refractivity contribution in [2.75, 3.05) is 39.6 Å². The number of ether oxygens (including phenoxy) is 3. The Morgan fingerprint density at radius 3 is 1.36 bits per heavy atom. The van der Waals surface area contributed by atoms with Crippen LogP contribution in [0.5, 0.6) is 0 Å². The molecule has 29 nitrogen and oxygen atoms in total. The van der Waals surface area contributed by atoms with E-state index in [4.69, 9.17) is 37.9 Å². The lowest BCUT2D eigenvalue weighted by molar-refractivity contribution is -0.0395. The molecule has 14 heterocycles. The average molecular weight is 1890 g/mol. The second-order valence-corrected chi connectivity index (χ2v) is 38.7. The molecule has 12 aromatic rings. The highest BCUT2D eigenvalue weighted by atomic mass is 79.9. The van der Waals surface area contributed by atoms with Crippen LogP contribution in [0.3, 0.4) is 0 Å². The molecule has 0 spiro atoms. The number of hydrogen-bond donors (Lipinski definition) is 6. The molecule has 0 bridgehead atoms. The number of pyridine rings is 6. The van der Waals surface area contributed by atoms with E-state index in [9.17, 15) is 44.0 Å². The molecule has 5 fully saturated rings. The summed E-state index contributed by atoms with van der Waals surface area (Å²) in [7, 11) is -3.70. The molecule has 0 unspecified atom stereocenters. The number of aliphatic hydroxyl groups is 4. The molecule has 0 aliphatic carbocycles. The van der Waals surface area contributed by atoms with E-state index in [0.717, 1.165) is 65.3 Å². The maximum atomic E-state index is 13.4. The third kappa shape index (κ3) is 21.5. The van der Waals surface area contributed by atoms with Gasteiger partial charge in [-0.15, -0.1) is 0 Å². The average Bonchev–Trinajstić information content (AvgIpc) is 0.926. The van der Waals surface area contributed by atoms with Gasteiger partial charge in [-0.1, -0.05) is 31.9 Å². The van der Waals surface area contributed by atoms with E-state index in [2.05, 4.69) is 112 Å². The van der Waals surface area contributed by atoms with Crippen LogP contribution >= 0.6 is 61.5 Å². The molecule has 17 rings (SSSR count). The molecule has 5 saturated heterocycles. The van der Waals surface area contributed by atoms with Crippen molar-refractivity contribution in [3.8, 4) is 0 Å². The van der Waals surface area contributed by atoms with E-state index >= 15 is 0 Å². The van der Waals surface area contributed by atoms with Crippen molar-refractivity contribution in [1.82, 2.24) is 58.6 Å². The highest BCUT2D eigenvalue weighted by molar-refractivity contribution is 9.78. The third-order valence-electron chi connectivity index (χ3n) is 21.6. The Kier molecular flexibility index (Phi) is 30.9. The lowest BCUT2D eigenvalue weighted by atomic mass is 9.49. The Hall–Kier alpha value is -7.50. The molecule has 9 aromatic heterocycles. The number of nitrogens with zero attached hydrogens (tertiary/aromatic N) is 12. The molecule has 118 heavy (non-hydrogen) atoms. The van der Waals surface area contributed by atoms with Crippen LogP contribution in [-0.4, -0.2) is 195 Å². The number of aromatic nitrogens is 12. The lowest BCUT2D eigenvalue weighted by Crippen LogP contribution is -2.41. The minimum absolute atomic E-state index is 0.101. The third-order valence-corrected chi connectivity index (χ3v) is 22.9. The first-order chi connectivity index (χ1) is 56.1. The Morgan fingerprint density at radius 2 is 0.907 bits per heavy atom. The minimum Gasteiger partial charge on any atom is -0.423 e. The van der Waals surface area contributed by atoms with Crippen LogP contribution in [0, 0.1) is 20.8 Å². The van der Waals surface area contributed by atoms with Crippen LogP contribution in [0.25, 0.3) is 65.3 Å². The van der Waals surface area contributed by atoms with Gasteiger partial charge in [0.25, 0.3) is 16.7 Å². The number of hydrogen-bond acceptors (Lipinski definition) is 26. The van der Waals surface area contributed by atoms with Gasteiger partial charge in [-0.2, -0.15) is 0 Å². The summed E-state index contributed by atoms with van der Waals surface area (Å²) in [6.07, 6.45) is 16.6. The Balaban J connectivity index is 0.000000143. The second-order valence-electron chi connectivity index (χ2n) is 30.8. The first-order valence-electron chi connectivity index (χ1n) is 38.1. The smallest absolute Gasteiger partial charge is 0.423 e. The van der Waals surface area contributed by atoms with E-state index in [0.29, 0.717) is 90.3 Å². The maximum absolute atomic E-state index is 13.4. The number of aliphatic hydroxyl groups excluding tert-OH is 4. The Morgan fingerprint density at radius 1 is 0.483 bits per heavy atom. The van der Waals surface area contributed by atoms with Gasteiger partial charge in [0.2, 0.25) is 0 Å². The van der Waals surface area contributed by atoms with Gasteiger partial charge < -0.3 is 63.3 Å². The predicted octanol–water partition coefficient (Wildman–Crippen LogP) is 10.3. The first kappa shape index (κ1) is 91.3. The number of alkyl halides is 1. The fraction of sp³-hybridized carbons (Fsp3) is 0.407. The van der Waals surface area contributed by atoms with Crippen molar-refractivity contribution in [1.29, 1.82) is 0 Å². The van der Waals surface area contributed by atoms with Crippen LogP contribution < -0.4 is 22.1 Å². The van der Waals surface area contributed by atoms with E-state index in [-0.39, 0.29) is 75.8 Å². The van der Waals surface area contributed by atoms with Crippen molar-refractivity contribution >= 4 is 161 Å². The summed E-state index contributed by atoms with van der Waals surface area (Å²) >= 11 is 12.2. The number of fused-ring (bicyclic) bond motifs is 9. The SMILES string of the molecule is CC1(C)OB(B2OC(C)(C)C(C)(C)O2)OC1(C)C.Cc1cc(CBr)ccn1.Cc1cc(CO)ccn1.Cc1cc(Cc2cc3c(=O)n([C@H]4COCC[C@@H]4O)cnc3c3cccnc23)ccn1.O=S(Br)Br.O=c1c2cc(B(O)O)c3ncccc3c2ncn1[C@H]1COCC[C@@H]1O.O=c1c2cc(Br)c3cnccc3c2ncn1[C@H]1CCOC[C@@H]1O. The fourth-order valence-corrected chi connectivity index (χ4v) is 14.9.